The van der Waals surface area contributed by atoms with E-state index in [0.717, 1.165) is 17.4 Å². The molecule has 0 aliphatic heterocycles. The van der Waals surface area contributed by atoms with E-state index in [1.54, 1.807) is 7.05 Å². The lowest BCUT2D eigenvalue weighted by molar-refractivity contribution is 0.463. The molecule has 0 saturated heterocycles. The molecular weight excluding hydrogens is 204 g/mol. The first-order chi connectivity index (χ1) is 7.52. The lowest BCUT2D eigenvalue weighted by atomic mass is 10.4. The smallest absolute Gasteiger partial charge is 0.214 e. The first-order valence-corrected chi connectivity index (χ1v) is 5.43. The van der Waals surface area contributed by atoms with Gasteiger partial charge in [-0.2, -0.15) is 0 Å². The molecule has 0 unspecified atom stereocenters. The molecule has 16 heavy (non-hydrogen) atoms. The molecule has 5 nitrogen and oxygen atoms in total. The summed E-state index contributed by atoms with van der Waals surface area (Å²) in [5.41, 5.74) is 0.934. The molecule has 1 rings (SSSR count). The molecule has 0 aromatic carbocycles. The van der Waals surface area contributed by atoms with Gasteiger partial charge in [0.15, 0.2) is 5.96 Å². The van der Waals surface area contributed by atoms with Crippen LogP contribution in [0.25, 0.3) is 0 Å². The van der Waals surface area contributed by atoms with Crippen LogP contribution in [-0.4, -0.2) is 24.0 Å². The highest BCUT2D eigenvalue weighted by Crippen LogP contribution is 2.07. The highest BCUT2D eigenvalue weighted by molar-refractivity contribution is 5.79. The van der Waals surface area contributed by atoms with Gasteiger partial charge in [0.1, 0.15) is 5.76 Å². The van der Waals surface area contributed by atoms with Gasteiger partial charge in [-0.15, -0.1) is 0 Å². The molecule has 0 radical (unpaired) electrons. The molecule has 0 spiro atoms. The number of guanidine groups is 1. The average molecular weight is 224 g/mol. The van der Waals surface area contributed by atoms with Gasteiger partial charge in [0.2, 0.25) is 5.89 Å². The molecule has 90 valence electrons. The zero-order valence-corrected chi connectivity index (χ0v) is 10.6. The summed E-state index contributed by atoms with van der Waals surface area (Å²) in [4.78, 5) is 8.38. The fourth-order valence-corrected chi connectivity index (χ4v) is 1.24. The normalized spacial score (nSPS) is 12.0. The average Bonchev–Trinajstić information content (AvgIpc) is 2.53. The molecule has 0 atom stereocenters. The van der Waals surface area contributed by atoms with Crippen LogP contribution in [0.1, 0.15) is 31.2 Å². The number of aliphatic imine (C=N–C) groups is 1. The monoisotopic (exact) mass is 224 g/mol. The van der Waals surface area contributed by atoms with Crippen LogP contribution in [0.15, 0.2) is 9.41 Å². The van der Waals surface area contributed by atoms with Gasteiger partial charge in [0, 0.05) is 13.1 Å². The van der Waals surface area contributed by atoms with E-state index in [4.69, 9.17) is 4.42 Å². The zero-order chi connectivity index (χ0) is 12.1. The van der Waals surface area contributed by atoms with Crippen molar-refractivity contribution < 1.29 is 4.42 Å². The summed E-state index contributed by atoms with van der Waals surface area (Å²) in [5, 5.41) is 6.33. The van der Waals surface area contributed by atoms with Crippen molar-refractivity contribution in [2.75, 3.05) is 7.05 Å². The molecule has 0 bridgehead atoms. The Morgan fingerprint density at radius 2 is 2.12 bits per heavy atom. The van der Waals surface area contributed by atoms with Crippen molar-refractivity contribution in [3.8, 4) is 0 Å². The summed E-state index contributed by atoms with van der Waals surface area (Å²) in [6.45, 7) is 8.51. The third-order valence-electron chi connectivity index (χ3n) is 2.13. The maximum absolute atomic E-state index is 5.46. The zero-order valence-electron chi connectivity index (χ0n) is 10.6. The number of nitrogens with one attached hydrogen (secondary N) is 2. The number of hydrogen-bond acceptors (Lipinski definition) is 3. The minimum absolute atomic E-state index is 0.347. The first-order valence-electron chi connectivity index (χ1n) is 5.43. The standard InChI is InChI=1S/C11H20N4O/c1-7(2)14-11(12-5)13-6-10-15-8(3)9(4)16-10/h7H,6H2,1-5H3,(H2,12,13,14). The predicted octanol–water partition coefficient (Wildman–Crippen LogP) is 1.36. The van der Waals surface area contributed by atoms with Gasteiger partial charge in [0.05, 0.1) is 12.2 Å². The Morgan fingerprint density at radius 1 is 1.44 bits per heavy atom. The van der Waals surface area contributed by atoms with E-state index in [-0.39, 0.29) is 0 Å². The summed E-state index contributed by atoms with van der Waals surface area (Å²) < 4.78 is 5.46. The summed E-state index contributed by atoms with van der Waals surface area (Å²) in [7, 11) is 1.74. The van der Waals surface area contributed by atoms with Crippen molar-refractivity contribution >= 4 is 5.96 Å². The van der Waals surface area contributed by atoms with Crippen molar-refractivity contribution in [2.24, 2.45) is 4.99 Å². The topological polar surface area (TPSA) is 62.5 Å². The van der Waals surface area contributed by atoms with Crippen LogP contribution in [0.3, 0.4) is 0 Å². The summed E-state index contributed by atoms with van der Waals surface area (Å²) in [6.07, 6.45) is 0. The maximum Gasteiger partial charge on any atom is 0.214 e. The summed E-state index contributed by atoms with van der Waals surface area (Å²) in [5.74, 6) is 2.30. The molecular formula is C11H20N4O. The Balaban J connectivity index is 2.50. The molecule has 0 aliphatic rings. The Hall–Kier alpha value is -1.52. The van der Waals surface area contributed by atoms with Crippen LogP contribution in [0.2, 0.25) is 0 Å². The van der Waals surface area contributed by atoms with Crippen LogP contribution >= 0.6 is 0 Å². The second kappa shape index (κ2) is 5.53. The van der Waals surface area contributed by atoms with E-state index < -0.39 is 0 Å². The quantitative estimate of drug-likeness (QED) is 0.601. The van der Waals surface area contributed by atoms with Crippen LogP contribution in [0.4, 0.5) is 0 Å². The number of aryl methyl sites for hydroxylation is 2. The molecule has 5 heteroatoms. The van der Waals surface area contributed by atoms with Crippen molar-refractivity contribution in [3.63, 3.8) is 0 Å². The molecule has 0 amide bonds. The Labute approximate surface area is 96.4 Å². The first kappa shape index (κ1) is 12.5. The van der Waals surface area contributed by atoms with Gasteiger partial charge >= 0.3 is 0 Å². The molecule has 0 aliphatic carbocycles. The summed E-state index contributed by atoms with van der Waals surface area (Å²) >= 11 is 0. The van der Waals surface area contributed by atoms with Crippen molar-refractivity contribution in [3.05, 3.63) is 17.3 Å². The van der Waals surface area contributed by atoms with Crippen LogP contribution in [-0.2, 0) is 6.54 Å². The largest absolute Gasteiger partial charge is 0.444 e. The minimum atomic E-state index is 0.347. The molecule has 1 aromatic heterocycles. The van der Waals surface area contributed by atoms with Gasteiger partial charge in [-0.05, 0) is 27.7 Å². The molecule has 2 N–H and O–H groups in total. The van der Waals surface area contributed by atoms with E-state index in [0.29, 0.717) is 18.5 Å². The number of hydrogen-bond donors (Lipinski definition) is 2. The highest BCUT2D eigenvalue weighted by Gasteiger charge is 2.06. The van der Waals surface area contributed by atoms with Crippen molar-refractivity contribution in [1.82, 2.24) is 15.6 Å². The Kier molecular flexibility index (Phi) is 4.34. The number of nitrogens with zero attached hydrogens (tertiary/aromatic N) is 2. The number of rotatable bonds is 3. The van der Waals surface area contributed by atoms with Gasteiger partial charge in [0.25, 0.3) is 0 Å². The van der Waals surface area contributed by atoms with E-state index >= 15 is 0 Å². The van der Waals surface area contributed by atoms with Gasteiger partial charge in [-0.1, -0.05) is 0 Å². The molecule has 0 fully saturated rings. The molecule has 1 heterocycles. The number of oxazole rings is 1. The van der Waals surface area contributed by atoms with Crippen LogP contribution in [0.5, 0.6) is 0 Å². The SMILES string of the molecule is CN=C(NCc1nc(C)c(C)o1)NC(C)C. The van der Waals surface area contributed by atoms with Crippen molar-refractivity contribution in [2.45, 2.75) is 40.3 Å². The fourth-order valence-electron chi connectivity index (χ4n) is 1.24. The van der Waals surface area contributed by atoms with Crippen LogP contribution < -0.4 is 10.6 Å². The number of aromatic nitrogens is 1. The van der Waals surface area contributed by atoms with E-state index in [1.165, 1.54) is 0 Å². The molecule has 0 saturated carbocycles. The highest BCUT2D eigenvalue weighted by atomic mass is 16.4. The summed E-state index contributed by atoms with van der Waals surface area (Å²) in [6, 6.07) is 0.347. The van der Waals surface area contributed by atoms with E-state index in [1.807, 2.05) is 13.8 Å². The van der Waals surface area contributed by atoms with Gasteiger partial charge in [-0.3, -0.25) is 4.99 Å². The van der Waals surface area contributed by atoms with Gasteiger partial charge in [-0.25, -0.2) is 4.98 Å². The second-order valence-corrected chi connectivity index (χ2v) is 3.97. The Morgan fingerprint density at radius 3 is 2.56 bits per heavy atom. The predicted molar refractivity (Wildman–Crippen MR) is 64.4 cm³/mol. The third-order valence-corrected chi connectivity index (χ3v) is 2.13. The minimum Gasteiger partial charge on any atom is -0.444 e. The Bertz CT molecular complexity index is 349. The van der Waals surface area contributed by atoms with Gasteiger partial charge < -0.3 is 15.1 Å². The van der Waals surface area contributed by atoms with Crippen molar-refractivity contribution in [1.29, 1.82) is 0 Å². The third kappa shape index (κ3) is 3.56. The second-order valence-electron chi connectivity index (χ2n) is 3.97. The fraction of sp³-hybridized carbons (Fsp3) is 0.636. The lowest BCUT2D eigenvalue weighted by Crippen LogP contribution is -2.40. The molecule has 1 aromatic rings. The van der Waals surface area contributed by atoms with E-state index in [9.17, 15) is 0 Å². The van der Waals surface area contributed by atoms with Crippen LogP contribution in [0, 0.1) is 13.8 Å². The lowest BCUT2D eigenvalue weighted by Gasteiger charge is -2.12. The van der Waals surface area contributed by atoms with E-state index in [2.05, 4.69) is 34.5 Å². The maximum atomic E-state index is 5.46.